The number of fused-ring (bicyclic) bond motifs is 2. The summed E-state index contributed by atoms with van der Waals surface area (Å²) in [5.41, 5.74) is 5.56. The number of rotatable bonds is 5. The van der Waals surface area contributed by atoms with Gasteiger partial charge in [-0.3, -0.25) is 0 Å². The second-order valence-corrected chi connectivity index (χ2v) is 13.3. The molecule has 5 aromatic carbocycles. The van der Waals surface area contributed by atoms with E-state index in [0.717, 1.165) is 15.9 Å². The van der Waals surface area contributed by atoms with Crippen molar-refractivity contribution in [2.75, 3.05) is 0 Å². The molecule has 0 heterocycles. The normalized spacial score (nSPS) is 9.83. The summed E-state index contributed by atoms with van der Waals surface area (Å²) < 4.78 is 0. The van der Waals surface area contributed by atoms with Crippen molar-refractivity contribution in [1.82, 2.24) is 0 Å². The number of aryl methyl sites for hydroxylation is 2. The fourth-order valence-electron chi connectivity index (χ4n) is 4.06. The van der Waals surface area contributed by atoms with E-state index in [0.29, 0.717) is 0 Å². The van der Waals surface area contributed by atoms with E-state index in [-0.39, 0.29) is 0 Å². The van der Waals surface area contributed by atoms with Gasteiger partial charge < -0.3 is 0 Å². The third kappa shape index (κ3) is 9.79. The van der Waals surface area contributed by atoms with Crippen molar-refractivity contribution in [3.8, 4) is 11.1 Å². The Morgan fingerprint density at radius 3 is 2.14 bits per heavy atom. The smallest absolute Gasteiger partial charge is 0.0809 e. The fourth-order valence-corrected chi connectivity index (χ4v) is 4.06. The first-order chi connectivity index (χ1) is 17.6. The zero-order valence-corrected chi connectivity index (χ0v) is 26.8. The number of hydrogen-bond acceptors (Lipinski definition) is 0. The minimum absolute atomic E-state index is 0.826. The van der Waals surface area contributed by atoms with Crippen LogP contribution in [-0.4, -0.2) is 9.52 Å². The summed E-state index contributed by atoms with van der Waals surface area (Å²) in [6.45, 7) is 8.76. The number of hydrogen-bond donors (Lipinski definition) is 0. The van der Waals surface area contributed by atoms with Crippen molar-refractivity contribution < 1.29 is 20.8 Å². The summed E-state index contributed by atoms with van der Waals surface area (Å²) in [6, 6.07) is 35.1. The van der Waals surface area contributed by atoms with Gasteiger partial charge in [0, 0.05) is 9.52 Å². The van der Waals surface area contributed by atoms with Gasteiger partial charge in [0.15, 0.2) is 0 Å². The van der Waals surface area contributed by atoms with Crippen LogP contribution in [-0.2, 0) is 33.7 Å². The Balaban J connectivity index is 0.000000250. The molecule has 5 aromatic rings. The molecule has 0 aliphatic heterocycles. The third-order valence-electron chi connectivity index (χ3n) is 5.85. The van der Waals surface area contributed by atoms with Crippen LogP contribution in [0, 0.1) is 0 Å². The Hall–Kier alpha value is -1.44. The van der Waals surface area contributed by atoms with Crippen LogP contribution >= 0.6 is 17.0 Å². The van der Waals surface area contributed by atoms with E-state index in [9.17, 15) is 0 Å². The SMILES string of the molecule is CCCCc1cc2c(-c3ccc(CC)cc3)cccc2[cH-]1.C[Si]C.[Cl][Zr+2][Cl].c1ccc2[cH-]ccc2c1. The van der Waals surface area contributed by atoms with Crippen LogP contribution in [0.2, 0.25) is 13.1 Å². The minimum Gasteiger partial charge on any atom is -0.168 e. The second-order valence-electron chi connectivity index (χ2n) is 8.55. The van der Waals surface area contributed by atoms with Gasteiger partial charge in [-0.25, -0.2) is 0 Å². The Kier molecular flexibility index (Phi) is 15.3. The molecule has 0 aliphatic carbocycles. The summed E-state index contributed by atoms with van der Waals surface area (Å²) in [5, 5.41) is 5.43. The van der Waals surface area contributed by atoms with Crippen molar-refractivity contribution in [3.63, 3.8) is 0 Å². The van der Waals surface area contributed by atoms with Crippen LogP contribution in [0.15, 0.2) is 97.1 Å². The van der Waals surface area contributed by atoms with Crippen molar-refractivity contribution in [2.24, 2.45) is 0 Å². The van der Waals surface area contributed by atoms with Gasteiger partial charge in [0.05, 0.1) is 0 Å². The van der Waals surface area contributed by atoms with E-state index in [1.165, 1.54) is 63.1 Å². The molecule has 36 heavy (non-hydrogen) atoms. The van der Waals surface area contributed by atoms with Crippen LogP contribution in [0.5, 0.6) is 0 Å². The van der Waals surface area contributed by atoms with Gasteiger partial charge in [0.2, 0.25) is 0 Å². The third-order valence-corrected chi connectivity index (χ3v) is 5.85. The molecule has 0 spiro atoms. The van der Waals surface area contributed by atoms with Gasteiger partial charge >= 0.3 is 37.9 Å². The largest absolute Gasteiger partial charge is 0.168 e. The number of halogens is 2. The zero-order valence-electron chi connectivity index (χ0n) is 21.8. The number of unbranched alkanes of at least 4 members (excludes halogenated alkanes) is 1. The number of benzene rings is 3. The molecule has 5 rings (SSSR count). The summed E-state index contributed by atoms with van der Waals surface area (Å²) >= 11 is -0.826. The van der Waals surface area contributed by atoms with E-state index in [2.05, 4.69) is 124 Å². The topological polar surface area (TPSA) is 0 Å². The predicted octanol–water partition coefficient (Wildman–Crippen LogP) is 10.9. The monoisotopic (exact) mass is 608 g/mol. The van der Waals surface area contributed by atoms with Crippen molar-refractivity contribution in [3.05, 3.63) is 108 Å². The quantitative estimate of drug-likeness (QED) is 0.137. The standard InChI is InChI=1S/C21H23.C9H7.C2H6Si.2ClH.Zr/c1-3-5-7-17-14-19-8-6-9-20(21(19)15-17)18-12-10-16(4-2)11-13-18;1-2-5-9-7-3-6-8(9)4-1;1-3-2;;;/h6,8-15H,3-5,7H2,1-2H3;1-7H;1-2H3;2*1H;/q2*-1;;;;+4/p-2. The van der Waals surface area contributed by atoms with E-state index in [4.69, 9.17) is 17.0 Å². The maximum Gasteiger partial charge on any atom is -0.0809 e. The second kappa shape index (κ2) is 17.9. The zero-order chi connectivity index (χ0) is 26.2. The molecule has 0 aromatic heterocycles. The average Bonchev–Trinajstić information content (AvgIpc) is 3.55. The molecule has 0 saturated carbocycles. The van der Waals surface area contributed by atoms with Gasteiger partial charge in [0.1, 0.15) is 0 Å². The van der Waals surface area contributed by atoms with Gasteiger partial charge in [-0.2, -0.15) is 23.6 Å². The molecule has 0 nitrogen and oxygen atoms in total. The van der Waals surface area contributed by atoms with Crippen LogP contribution in [0.3, 0.4) is 0 Å². The Labute approximate surface area is 239 Å². The Morgan fingerprint density at radius 2 is 1.50 bits per heavy atom. The van der Waals surface area contributed by atoms with Crippen molar-refractivity contribution in [1.29, 1.82) is 0 Å². The molecule has 186 valence electrons. The van der Waals surface area contributed by atoms with E-state index < -0.39 is 20.8 Å². The van der Waals surface area contributed by atoms with Crippen molar-refractivity contribution in [2.45, 2.75) is 52.6 Å². The van der Waals surface area contributed by atoms with Crippen LogP contribution in [0.1, 0.15) is 37.8 Å². The molecular weight excluding hydrogens is 575 g/mol. The molecule has 0 atom stereocenters. The van der Waals surface area contributed by atoms with Gasteiger partial charge in [-0.05, 0) is 24.0 Å². The summed E-state index contributed by atoms with van der Waals surface area (Å²) in [5.74, 6) is 0. The minimum atomic E-state index is -0.826. The molecule has 4 heteroatoms. The summed E-state index contributed by atoms with van der Waals surface area (Å²) in [7, 11) is 11.0. The summed E-state index contributed by atoms with van der Waals surface area (Å²) in [6.07, 6.45) is 4.82. The van der Waals surface area contributed by atoms with E-state index in [1.807, 2.05) is 0 Å². The molecular formula is C32H36Cl2SiZr. The molecule has 0 unspecified atom stereocenters. The van der Waals surface area contributed by atoms with Gasteiger partial charge in [0.25, 0.3) is 0 Å². The molecule has 2 radical (unpaired) electrons. The fraction of sp³-hybridized carbons (Fsp3) is 0.250. The van der Waals surface area contributed by atoms with Crippen LogP contribution in [0.4, 0.5) is 0 Å². The van der Waals surface area contributed by atoms with Crippen LogP contribution < -0.4 is 0 Å². The maximum atomic E-state index is 4.93. The first-order valence-corrected chi connectivity index (χ1v) is 20.9. The first-order valence-electron chi connectivity index (χ1n) is 12.5. The molecule has 0 saturated heterocycles. The molecule has 0 amide bonds. The molecule has 0 N–H and O–H groups in total. The van der Waals surface area contributed by atoms with E-state index >= 15 is 0 Å². The molecule has 0 fully saturated rings. The summed E-state index contributed by atoms with van der Waals surface area (Å²) in [4.78, 5) is 0. The predicted molar refractivity (Wildman–Crippen MR) is 162 cm³/mol. The first kappa shape index (κ1) is 30.8. The average molecular weight is 611 g/mol. The maximum absolute atomic E-state index is 4.93. The van der Waals surface area contributed by atoms with Crippen molar-refractivity contribution >= 4 is 48.1 Å². The van der Waals surface area contributed by atoms with E-state index in [1.54, 1.807) is 0 Å². The van der Waals surface area contributed by atoms with Gasteiger partial charge in [-0.15, -0.1) is 64.2 Å². The Morgan fingerprint density at radius 1 is 0.833 bits per heavy atom. The molecule has 0 aliphatic rings. The van der Waals surface area contributed by atoms with Crippen LogP contribution in [0.25, 0.3) is 32.7 Å². The van der Waals surface area contributed by atoms with Gasteiger partial charge in [-0.1, -0.05) is 81.7 Å². The molecule has 0 bridgehead atoms. The Bertz CT molecular complexity index is 1220.